The molecule has 2 rings (SSSR count). The van der Waals surface area contributed by atoms with Gasteiger partial charge < -0.3 is 5.73 Å². The number of anilines is 1. The monoisotopic (exact) mass is 223 g/mol. The van der Waals surface area contributed by atoms with E-state index in [1.54, 1.807) is 24.3 Å². The molecule has 0 aliphatic heterocycles. The second-order valence-electron chi connectivity index (χ2n) is 2.76. The van der Waals surface area contributed by atoms with Gasteiger partial charge in [-0.1, -0.05) is 16.7 Å². The Morgan fingerprint density at radius 1 is 1.33 bits per heavy atom. The molecule has 0 saturated carbocycles. The molecule has 7 heteroatoms. The molecular weight excluding hydrogens is 218 g/mol. The molecule has 0 amide bonds. The van der Waals surface area contributed by atoms with Gasteiger partial charge in [-0.05, 0) is 34.7 Å². The van der Waals surface area contributed by atoms with Crippen molar-refractivity contribution in [3.05, 3.63) is 34.9 Å². The fraction of sp³-hybridized carbons (Fsp3) is 0. The number of benzene rings is 1. The minimum atomic E-state index is -0.394. The largest absolute Gasteiger partial charge is 0.366 e. The van der Waals surface area contributed by atoms with Gasteiger partial charge in [0.2, 0.25) is 5.95 Å². The first-order chi connectivity index (χ1) is 7.18. The van der Waals surface area contributed by atoms with Crippen molar-refractivity contribution < 1.29 is 4.79 Å². The molecule has 0 fully saturated rings. The zero-order valence-corrected chi connectivity index (χ0v) is 8.22. The number of halogens is 1. The van der Waals surface area contributed by atoms with Crippen LogP contribution in [0.25, 0.3) is 0 Å². The van der Waals surface area contributed by atoms with Crippen molar-refractivity contribution in [3.8, 4) is 0 Å². The van der Waals surface area contributed by atoms with Crippen LogP contribution in [0.15, 0.2) is 24.3 Å². The number of carbonyl (C=O) groups excluding carboxylic acids is 1. The van der Waals surface area contributed by atoms with E-state index in [0.717, 1.165) is 4.68 Å². The standard InChI is InChI=1S/C8H6ClN5O/c9-6-3-1-5(2-4-6)7(15)14-8(10)11-12-13-14/h1-4H,(H2,10,11,13). The Morgan fingerprint density at radius 2 is 2.00 bits per heavy atom. The van der Waals surface area contributed by atoms with Crippen LogP contribution in [0.5, 0.6) is 0 Å². The molecule has 2 N–H and O–H groups in total. The van der Waals surface area contributed by atoms with E-state index in [2.05, 4.69) is 15.5 Å². The van der Waals surface area contributed by atoms with Gasteiger partial charge in [-0.15, -0.1) is 4.68 Å². The summed E-state index contributed by atoms with van der Waals surface area (Å²) in [5.41, 5.74) is 5.80. The number of carbonyl (C=O) groups is 1. The minimum Gasteiger partial charge on any atom is -0.366 e. The lowest BCUT2D eigenvalue weighted by atomic mass is 10.2. The van der Waals surface area contributed by atoms with Gasteiger partial charge in [0.25, 0.3) is 5.91 Å². The predicted molar refractivity (Wildman–Crippen MR) is 53.4 cm³/mol. The van der Waals surface area contributed by atoms with Crippen molar-refractivity contribution in [2.45, 2.75) is 0 Å². The summed E-state index contributed by atoms with van der Waals surface area (Å²) < 4.78 is 0.920. The van der Waals surface area contributed by atoms with E-state index in [4.69, 9.17) is 17.3 Å². The number of tetrazole rings is 1. The van der Waals surface area contributed by atoms with Gasteiger partial charge in [0.05, 0.1) is 0 Å². The Hall–Kier alpha value is -1.95. The molecule has 0 spiro atoms. The normalized spacial score (nSPS) is 10.2. The maximum absolute atomic E-state index is 11.7. The number of nitrogen functional groups attached to an aromatic ring is 1. The molecule has 0 aliphatic rings. The Kier molecular flexibility index (Phi) is 2.34. The average Bonchev–Trinajstić information content (AvgIpc) is 2.65. The number of rotatable bonds is 1. The highest BCUT2D eigenvalue weighted by Crippen LogP contribution is 2.11. The first kappa shape index (κ1) is 9.60. The molecule has 0 unspecified atom stereocenters. The molecule has 76 valence electrons. The molecule has 0 bridgehead atoms. The average molecular weight is 224 g/mol. The highest BCUT2D eigenvalue weighted by atomic mass is 35.5. The third kappa shape index (κ3) is 1.79. The maximum atomic E-state index is 11.7. The Bertz CT molecular complexity index is 492. The zero-order chi connectivity index (χ0) is 10.8. The summed E-state index contributed by atoms with van der Waals surface area (Å²) in [6, 6.07) is 6.36. The Balaban J connectivity index is 2.37. The van der Waals surface area contributed by atoms with Crippen LogP contribution < -0.4 is 5.73 Å². The van der Waals surface area contributed by atoms with Gasteiger partial charge in [-0.2, -0.15) is 0 Å². The summed E-state index contributed by atoms with van der Waals surface area (Å²) in [4.78, 5) is 11.7. The third-order valence-corrected chi connectivity index (χ3v) is 2.03. The summed E-state index contributed by atoms with van der Waals surface area (Å²) in [6.45, 7) is 0. The number of hydrogen-bond acceptors (Lipinski definition) is 5. The molecule has 1 aromatic heterocycles. The van der Waals surface area contributed by atoms with Crippen molar-refractivity contribution in [1.82, 2.24) is 20.2 Å². The van der Waals surface area contributed by atoms with Crippen LogP contribution in [0.1, 0.15) is 10.4 Å². The SMILES string of the molecule is Nc1nnnn1C(=O)c1ccc(Cl)cc1. The number of aromatic nitrogens is 4. The van der Waals surface area contributed by atoms with Crippen molar-refractivity contribution in [2.75, 3.05) is 5.73 Å². The predicted octanol–water partition coefficient (Wildman–Crippen LogP) is 0.597. The van der Waals surface area contributed by atoms with E-state index in [-0.39, 0.29) is 5.95 Å². The molecule has 6 nitrogen and oxygen atoms in total. The third-order valence-electron chi connectivity index (χ3n) is 1.78. The smallest absolute Gasteiger partial charge is 0.282 e. The summed E-state index contributed by atoms with van der Waals surface area (Å²) in [5, 5.41) is 10.7. The van der Waals surface area contributed by atoms with Crippen molar-refractivity contribution in [1.29, 1.82) is 0 Å². The quantitative estimate of drug-likeness (QED) is 0.716. The second-order valence-corrected chi connectivity index (χ2v) is 3.20. The van der Waals surface area contributed by atoms with Crippen LogP contribution in [0.4, 0.5) is 5.95 Å². The fourth-order valence-corrected chi connectivity index (χ4v) is 1.18. The van der Waals surface area contributed by atoms with E-state index >= 15 is 0 Å². The van der Waals surface area contributed by atoms with E-state index < -0.39 is 5.91 Å². The van der Waals surface area contributed by atoms with E-state index in [0.29, 0.717) is 10.6 Å². The summed E-state index contributed by atoms with van der Waals surface area (Å²) in [7, 11) is 0. The Labute approximate surface area is 89.6 Å². The van der Waals surface area contributed by atoms with Gasteiger partial charge in [0.15, 0.2) is 0 Å². The number of nitrogens with zero attached hydrogens (tertiary/aromatic N) is 4. The molecular formula is C8H6ClN5O. The van der Waals surface area contributed by atoms with E-state index in [9.17, 15) is 4.79 Å². The summed E-state index contributed by atoms with van der Waals surface area (Å²) in [6.07, 6.45) is 0. The molecule has 0 aliphatic carbocycles. The van der Waals surface area contributed by atoms with Crippen LogP contribution in [-0.4, -0.2) is 26.1 Å². The van der Waals surface area contributed by atoms with E-state index in [1.165, 1.54) is 0 Å². The van der Waals surface area contributed by atoms with Gasteiger partial charge in [-0.3, -0.25) is 4.79 Å². The van der Waals surface area contributed by atoms with Crippen LogP contribution in [0, 0.1) is 0 Å². The van der Waals surface area contributed by atoms with Crippen molar-refractivity contribution in [2.24, 2.45) is 0 Å². The number of hydrogen-bond donors (Lipinski definition) is 1. The first-order valence-electron chi connectivity index (χ1n) is 4.02. The van der Waals surface area contributed by atoms with Crippen LogP contribution in [-0.2, 0) is 0 Å². The van der Waals surface area contributed by atoms with Gasteiger partial charge in [0, 0.05) is 10.6 Å². The topological polar surface area (TPSA) is 86.7 Å². The van der Waals surface area contributed by atoms with Gasteiger partial charge in [-0.25, -0.2) is 0 Å². The maximum Gasteiger partial charge on any atom is 0.282 e. The van der Waals surface area contributed by atoms with Crippen LogP contribution in [0.3, 0.4) is 0 Å². The van der Waals surface area contributed by atoms with Crippen LogP contribution >= 0.6 is 11.6 Å². The lowest BCUT2D eigenvalue weighted by molar-refractivity contribution is 0.0945. The highest BCUT2D eigenvalue weighted by molar-refractivity contribution is 6.30. The minimum absolute atomic E-state index is 0.0463. The highest BCUT2D eigenvalue weighted by Gasteiger charge is 2.13. The lowest BCUT2D eigenvalue weighted by Gasteiger charge is -1.99. The van der Waals surface area contributed by atoms with Gasteiger partial charge in [0.1, 0.15) is 0 Å². The molecule has 0 radical (unpaired) electrons. The molecule has 0 atom stereocenters. The zero-order valence-electron chi connectivity index (χ0n) is 7.46. The van der Waals surface area contributed by atoms with Gasteiger partial charge >= 0.3 is 0 Å². The lowest BCUT2D eigenvalue weighted by Crippen LogP contribution is -2.16. The fourth-order valence-electron chi connectivity index (χ4n) is 1.05. The Morgan fingerprint density at radius 3 is 2.53 bits per heavy atom. The second kappa shape index (κ2) is 3.66. The van der Waals surface area contributed by atoms with Crippen molar-refractivity contribution >= 4 is 23.5 Å². The van der Waals surface area contributed by atoms with Crippen molar-refractivity contribution in [3.63, 3.8) is 0 Å². The molecule has 15 heavy (non-hydrogen) atoms. The molecule has 2 aromatic rings. The first-order valence-corrected chi connectivity index (χ1v) is 4.40. The van der Waals surface area contributed by atoms with E-state index in [1.807, 2.05) is 0 Å². The molecule has 0 saturated heterocycles. The molecule has 1 aromatic carbocycles. The number of nitrogens with two attached hydrogens (primary N) is 1. The summed E-state index contributed by atoms with van der Waals surface area (Å²) in [5.74, 6) is -0.441. The molecule has 1 heterocycles. The van der Waals surface area contributed by atoms with Crippen LogP contribution in [0.2, 0.25) is 5.02 Å². The summed E-state index contributed by atoms with van der Waals surface area (Å²) >= 11 is 5.69.